The van der Waals surface area contributed by atoms with Crippen LogP contribution in [0.3, 0.4) is 0 Å². The molecule has 3 heteroatoms. The molecule has 1 amide bonds. The van der Waals surface area contributed by atoms with Crippen molar-refractivity contribution in [1.29, 1.82) is 0 Å². The van der Waals surface area contributed by atoms with Crippen LogP contribution in [0.2, 0.25) is 0 Å². The van der Waals surface area contributed by atoms with Crippen LogP contribution in [-0.2, 0) is 10.5 Å². The van der Waals surface area contributed by atoms with Gasteiger partial charge in [0.15, 0.2) is 0 Å². The van der Waals surface area contributed by atoms with Gasteiger partial charge in [0.2, 0.25) is 5.91 Å². The van der Waals surface area contributed by atoms with E-state index in [4.69, 9.17) is 0 Å². The molecular formula is C21H25NOS. The van der Waals surface area contributed by atoms with Gasteiger partial charge in [-0.3, -0.25) is 4.79 Å². The highest BCUT2D eigenvalue weighted by molar-refractivity contribution is 8.01. The first-order chi connectivity index (χ1) is 11.6. The zero-order valence-electron chi connectivity index (χ0n) is 14.6. The lowest BCUT2D eigenvalue weighted by Gasteiger charge is -2.10. The summed E-state index contributed by atoms with van der Waals surface area (Å²) < 4.78 is 0. The summed E-state index contributed by atoms with van der Waals surface area (Å²) in [5.41, 5.74) is 5.11. The molecule has 2 nitrogen and oxygen atoms in total. The van der Waals surface area contributed by atoms with Crippen molar-refractivity contribution in [3.63, 3.8) is 0 Å². The summed E-state index contributed by atoms with van der Waals surface area (Å²) in [6, 6.07) is 16.9. The Morgan fingerprint density at radius 3 is 2.58 bits per heavy atom. The molecule has 0 unspecified atom stereocenters. The fraction of sp³-hybridized carbons (Fsp3) is 0.286. The van der Waals surface area contributed by atoms with Crippen LogP contribution in [0.25, 0.3) is 11.1 Å². The Bertz CT molecular complexity index is 692. The van der Waals surface area contributed by atoms with Crippen LogP contribution < -0.4 is 5.32 Å². The summed E-state index contributed by atoms with van der Waals surface area (Å²) in [5, 5.41) is 4.76. The lowest BCUT2D eigenvalue weighted by molar-refractivity contribution is -0.116. The van der Waals surface area contributed by atoms with E-state index in [-0.39, 0.29) is 5.91 Å². The zero-order valence-corrected chi connectivity index (χ0v) is 15.4. The molecule has 2 aromatic rings. The van der Waals surface area contributed by atoms with E-state index in [2.05, 4.69) is 68.6 Å². The fourth-order valence-electron chi connectivity index (χ4n) is 2.38. The van der Waals surface area contributed by atoms with E-state index in [1.165, 1.54) is 22.3 Å². The predicted molar refractivity (Wildman–Crippen MR) is 105 cm³/mol. The van der Waals surface area contributed by atoms with E-state index in [0.717, 1.165) is 5.75 Å². The number of hydrogen-bond acceptors (Lipinski definition) is 2. The highest BCUT2D eigenvalue weighted by atomic mass is 32.2. The molecule has 0 aromatic heterocycles. The van der Waals surface area contributed by atoms with Gasteiger partial charge in [-0.2, -0.15) is 0 Å². The van der Waals surface area contributed by atoms with Gasteiger partial charge in [0.05, 0.1) is 0 Å². The third-order valence-electron chi connectivity index (χ3n) is 3.77. The van der Waals surface area contributed by atoms with Gasteiger partial charge in [0.1, 0.15) is 0 Å². The van der Waals surface area contributed by atoms with Crippen molar-refractivity contribution in [2.24, 2.45) is 5.92 Å². The standard InChI is InChI=1S/C21H25NOS/c1-16(2)14-22-21(23)12-13-24-15-19-10-7-11-20(17(19)3)18-8-5-4-6-9-18/h4-13,16H,14-15H2,1-3H3,(H,22,23)/b13-12-. The first kappa shape index (κ1) is 18.3. The van der Waals surface area contributed by atoms with E-state index >= 15 is 0 Å². The zero-order chi connectivity index (χ0) is 17.4. The third kappa shape index (κ3) is 5.57. The normalized spacial score (nSPS) is 11.2. The largest absolute Gasteiger partial charge is 0.352 e. The molecular weight excluding hydrogens is 314 g/mol. The molecule has 24 heavy (non-hydrogen) atoms. The van der Waals surface area contributed by atoms with E-state index < -0.39 is 0 Å². The highest BCUT2D eigenvalue weighted by Gasteiger charge is 2.05. The van der Waals surface area contributed by atoms with Crippen LogP contribution in [0.4, 0.5) is 0 Å². The van der Waals surface area contributed by atoms with Gasteiger partial charge in [0.25, 0.3) is 0 Å². The Kier molecular flexibility index (Phi) is 7.13. The van der Waals surface area contributed by atoms with Crippen molar-refractivity contribution in [3.05, 3.63) is 71.1 Å². The van der Waals surface area contributed by atoms with Gasteiger partial charge in [-0.25, -0.2) is 0 Å². The average molecular weight is 340 g/mol. The molecule has 126 valence electrons. The Labute approximate surface area is 149 Å². The van der Waals surface area contributed by atoms with Crippen molar-refractivity contribution in [2.75, 3.05) is 6.54 Å². The molecule has 0 atom stereocenters. The Morgan fingerprint density at radius 2 is 1.88 bits per heavy atom. The molecule has 1 N–H and O–H groups in total. The summed E-state index contributed by atoms with van der Waals surface area (Å²) in [7, 11) is 0. The molecule has 0 spiro atoms. The minimum absolute atomic E-state index is 0.0223. The Hall–Kier alpha value is -2.00. The molecule has 0 saturated heterocycles. The molecule has 0 aliphatic heterocycles. The van der Waals surface area contributed by atoms with Crippen LogP contribution in [0, 0.1) is 12.8 Å². The minimum Gasteiger partial charge on any atom is -0.352 e. The third-order valence-corrected chi connectivity index (χ3v) is 4.58. The second kappa shape index (κ2) is 9.33. The summed E-state index contributed by atoms with van der Waals surface area (Å²) >= 11 is 1.65. The lowest BCUT2D eigenvalue weighted by atomic mass is 9.97. The highest BCUT2D eigenvalue weighted by Crippen LogP contribution is 2.27. The lowest BCUT2D eigenvalue weighted by Crippen LogP contribution is -2.25. The number of amides is 1. The molecule has 0 bridgehead atoms. The maximum Gasteiger partial charge on any atom is 0.244 e. The number of carbonyl (C=O) groups excluding carboxylic acids is 1. The number of hydrogen-bond donors (Lipinski definition) is 1. The van der Waals surface area contributed by atoms with Gasteiger partial charge in [-0.05, 0) is 40.5 Å². The molecule has 2 aromatic carbocycles. The molecule has 0 aliphatic rings. The second-order valence-corrected chi connectivity index (χ2v) is 7.10. The summed E-state index contributed by atoms with van der Waals surface area (Å²) in [4.78, 5) is 11.7. The average Bonchev–Trinajstić information content (AvgIpc) is 2.59. The van der Waals surface area contributed by atoms with E-state index in [1.54, 1.807) is 17.8 Å². The van der Waals surface area contributed by atoms with E-state index in [0.29, 0.717) is 12.5 Å². The predicted octanol–water partition coefficient (Wildman–Crippen LogP) is 5.18. The number of rotatable bonds is 7. The first-order valence-electron chi connectivity index (χ1n) is 8.28. The molecule has 0 heterocycles. The van der Waals surface area contributed by atoms with Gasteiger partial charge in [0, 0.05) is 18.4 Å². The number of benzene rings is 2. The van der Waals surface area contributed by atoms with Gasteiger partial charge in [-0.15, -0.1) is 11.8 Å². The van der Waals surface area contributed by atoms with Crippen LogP contribution in [0.15, 0.2) is 60.0 Å². The van der Waals surface area contributed by atoms with Gasteiger partial charge in [-0.1, -0.05) is 62.4 Å². The molecule has 0 saturated carbocycles. The van der Waals surface area contributed by atoms with E-state index in [1.807, 2.05) is 11.5 Å². The van der Waals surface area contributed by atoms with Crippen molar-refractivity contribution in [2.45, 2.75) is 26.5 Å². The number of carbonyl (C=O) groups is 1. The fourth-order valence-corrected chi connectivity index (χ4v) is 3.19. The second-order valence-electron chi connectivity index (χ2n) is 6.21. The molecule has 2 rings (SSSR count). The van der Waals surface area contributed by atoms with Crippen LogP contribution >= 0.6 is 11.8 Å². The van der Waals surface area contributed by atoms with Crippen molar-refractivity contribution < 1.29 is 4.79 Å². The maximum absolute atomic E-state index is 11.7. The van der Waals surface area contributed by atoms with Crippen molar-refractivity contribution >= 4 is 17.7 Å². The van der Waals surface area contributed by atoms with E-state index in [9.17, 15) is 4.79 Å². The summed E-state index contributed by atoms with van der Waals surface area (Å²) in [5.74, 6) is 1.31. The van der Waals surface area contributed by atoms with Gasteiger partial charge >= 0.3 is 0 Å². The smallest absolute Gasteiger partial charge is 0.244 e. The quantitative estimate of drug-likeness (QED) is 0.704. The Morgan fingerprint density at radius 1 is 1.12 bits per heavy atom. The van der Waals surface area contributed by atoms with Gasteiger partial charge < -0.3 is 5.32 Å². The monoisotopic (exact) mass is 339 g/mol. The minimum atomic E-state index is -0.0223. The Balaban J connectivity index is 1.95. The summed E-state index contributed by atoms with van der Waals surface area (Å²) in [6.07, 6.45) is 1.61. The molecule has 0 aliphatic carbocycles. The SMILES string of the molecule is Cc1c(CS/C=C\C(=O)NCC(C)C)cccc1-c1ccccc1. The van der Waals surface area contributed by atoms with Crippen LogP contribution in [-0.4, -0.2) is 12.5 Å². The topological polar surface area (TPSA) is 29.1 Å². The van der Waals surface area contributed by atoms with Crippen LogP contribution in [0.1, 0.15) is 25.0 Å². The number of thioether (sulfide) groups is 1. The van der Waals surface area contributed by atoms with Crippen LogP contribution in [0.5, 0.6) is 0 Å². The van der Waals surface area contributed by atoms with Crippen molar-refractivity contribution in [3.8, 4) is 11.1 Å². The maximum atomic E-state index is 11.7. The first-order valence-corrected chi connectivity index (χ1v) is 9.32. The molecule has 0 radical (unpaired) electrons. The molecule has 0 fully saturated rings. The van der Waals surface area contributed by atoms with Crippen molar-refractivity contribution in [1.82, 2.24) is 5.32 Å². The summed E-state index contributed by atoms with van der Waals surface area (Å²) in [6.45, 7) is 7.05. The number of nitrogens with one attached hydrogen (secondary N) is 1.